The number of hydrogen-bond donors (Lipinski definition) is 1. The monoisotopic (exact) mass is 306 g/mol. The first kappa shape index (κ1) is 16.7. The van der Waals surface area contributed by atoms with Crippen LogP contribution >= 0.6 is 24.0 Å². The molecular formula is C14H21Cl2FN2. The standard InChI is InChI=1S/C14H20ClFN2.ClH/c1-10(17)12-3-2-4-18(9-12)8-11-5-13(15)7-14(16)6-11;/h5-7,10,12H,2-4,8-9,17H2,1H3;1H. The quantitative estimate of drug-likeness (QED) is 0.926. The molecule has 108 valence electrons. The Morgan fingerprint density at radius 3 is 2.84 bits per heavy atom. The minimum absolute atomic E-state index is 0. The molecule has 0 saturated carbocycles. The predicted octanol–water partition coefficient (Wildman–Crippen LogP) is 3.46. The predicted molar refractivity (Wildman–Crippen MR) is 80.3 cm³/mol. The lowest BCUT2D eigenvalue weighted by Gasteiger charge is -2.34. The highest BCUT2D eigenvalue weighted by molar-refractivity contribution is 6.30. The molecule has 0 radical (unpaired) electrons. The lowest BCUT2D eigenvalue weighted by Crippen LogP contribution is -2.41. The van der Waals surface area contributed by atoms with Crippen molar-refractivity contribution in [3.8, 4) is 0 Å². The van der Waals surface area contributed by atoms with Crippen molar-refractivity contribution in [3.63, 3.8) is 0 Å². The van der Waals surface area contributed by atoms with Gasteiger partial charge in [0.2, 0.25) is 0 Å². The fourth-order valence-corrected chi connectivity index (χ4v) is 2.87. The van der Waals surface area contributed by atoms with Gasteiger partial charge in [-0.25, -0.2) is 4.39 Å². The number of hydrogen-bond acceptors (Lipinski definition) is 2. The van der Waals surface area contributed by atoms with Crippen LogP contribution < -0.4 is 5.73 Å². The molecule has 0 aliphatic carbocycles. The molecule has 19 heavy (non-hydrogen) atoms. The zero-order valence-electron chi connectivity index (χ0n) is 11.1. The van der Waals surface area contributed by atoms with E-state index in [0.29, 0.717) is 10.9 Å². The maximum absolute atomic E-state index is 13.3. The van der Waals surface area contributed by atoms with Gasteiger partial charge in [0.15, 0.2) is 0 Å². The Labute approximate surface area is 125 Å². The molecule has 1 aromatic rings. The summed E-state index contributed by atoms with van der Waals surface area (Å²) in [6, 6.07) is 4.96. The van der Waals surface area contributed by atoms with Gasteiger partial charge in [-0.1, -0.05) is 11.6 Å². The van der Waals surface area contributed by atoms with Gasteiger partial charge in [0, 0.05) is 24.2 Å². The van der Waals surface area contributed by atoms with Crippen molar-refractivity contribution in [2.75, 3.05) is 13.1 Å². The Hall–Kier alpha value is -0.350. The zero-order chi connectivity index (χ0) is 13.1. The van der Waals surface area contributed by atoms with Crippen molar-refractivity contribution in [2.45, 2.75) is 32.4 Å². The molecule has 1 aliphatic rings. The molecule has 0 aromatic heterocycles. The largest absolute Gasteiger partial charge is 0.328 e. The van der Waals surface area contributed by atoms with Gasteiger partial charge in [-0.3, -0.25) is 4.90 Å². The third-order valence-electron chi connectivity index (χ3n) is 3.61. The summed E-state index contributed by atoms with van der Waals surface area (Å²) in [5.41, 5.74) is 6.90. The number of nitrogens with two attached hydrogens (primary N) is 1. The molecule has 2 rings (SSSR count). The molecule has 2 nitrogen and oxygen atoms in total. The van der Waals surface area contributed by atoms with Gasteiger partial charge >= 0.3 is 0 Å². The van der Waals surface area contributed by atoms with Crippen LogP contribution in [0.3, 0.4) is 0 Å². The summed E-state index contributed by atoms with van der Waals surface area (Å²) in [6.07, 6.45) is 2.35. The maximum Gasteiger partial charge on any atom is 0.125 e. The number of likely N-dealkylation sites (tertiary alicyclic amines) is 1. The summed E-state index contributed by atoms with van der Waals surface area (Å²) in [4.78, 5) is 2.34. The van der Waals surface area contributed by atoms with Crippen LogP contribution in [0.4, 0.5) is 4.39 Å². The van der Waals surface area contributed by atoms with Crippen LogP contribution in [0.2, 0.25) is 5.02 Å². The summed E-state index contributed by atoms with van der Waals surface area (Å²) in [7, 11) is 0. The molecule has 2 atom stereocenters. The SMILES string of the molecule is CC(N)C1CCCN(Cc2cc(F)cc(Cl)c2)C1.Cl. The summed E-state index contributed by atoms with van der Waals surface area (Å²) in [5, 5.41) is 0.464. The van der Waals surface area contributed by atoms with Crippen LogP contribution in [0.25, 0.3) is 0 Å². The highest BCUT2D eigenvalue weighted by atomic mass is 35.5. The van der Waals surface area contributed by atoms with Gasteiger partial charge < -0.3 is 5.73 Å². The summed E-state index contributed by atoms with van der Waals surface area (Å²) >= 11 is 5.87. The maximum atomic E-state index is 13.3. The molecule has 1 aliphatic heterocycles. The van der Waals surface area contributed by atoms with Gasteiger partial charge in [-0.2, -0.15) is 0 Å². The van der Waals surface area contributed by atoms with Gasteiger partial charge in [-0.15, -0.1) is 12.4 Å². The molecular weight excluding hydrogens is 286 g/mol. The smallest absolute Gasteiger partial charge is 0.125 e. The summed E-state index contributed by atoms with van der Waals surface area (Å²) in [5.74, 6) is 0.279. The van der Waals surface area contributed by atoms with E-state index >= 15 is 0 Å². The number of benzene rings is 1. The number of halogens is 3. The minimum Gasteiger partial charge on any atom is -0.328 e. The molecule has 2 unspecified atom stereocenters. The second kappa shape index (κ2) is 7.44. The van der Waals surface area contributed by atoms with Crippen molar-refractivity contribution in [2.24, 2.45) is 11.7 Å². The van der Waals surface area contributed by atoms with Crippen molar-refractivity contribution in [3.05, 3.63) is 34.6 Å². The molecule has 1 fully saturated rings. The number of piperidine rings is 1. The van der Waals surface area contributed by atoms with E-state index in [0.717, 1.165) is 31.6 Å². The first-order valence-corrected chi connectivity index (χ1v) is 6.85. The highest BCUT2D eigenvalue weighted by Gasteiger charge is 2.22. The fraction of sp³-hybridized carbons (Fsp3) is 0.571. The van der Waals surface area contributed by atoms with Crippen LogP contribution in [-0.4, -0.2) is 24.0 Å². The van der Waals surface area contributed by atoms with Crippen molar-refractivity contribution >= 4 is 24.0 Å². The van der Waals surface area contributed by atoms with E-state index in [2.05, 4.69) is 11.8 Å². The Morgan fingerprint density at radius 2 is 2.21 bits per heavy atom. The van der Waals surface area contributed by atoms with Crippen molar-refractivity contribution in [1.29, 1.82) is 0 Å². The average molecular weight is 307 g/mol. The Kier molecular flexibility index (Phi) is 6.54. The van der Waals surface area contributed by atoms with Crippen LogP contribution in [0.1, 0.15) is 25.3 Å². The van der Waals surface area contributed by atoms with Gasteiger partial charge in [0.1, 0.15) is 5.82 Å². The molecule has 5 heteroatoms. The van der Waals surface area contributed by atoms with Crippen molar-refractivity contribution in [1.82, 2.24) is 4.90 Å². The van der Waals surface area contributed by atoms with Crippen LogP contribution in [0.5, 0.6) is 0 Å². The first-order valence-electron chi connectivity index (χ1n) is 6.47. The van der Waals surface area contributed by atoms with E-state index < -0.39 is 0 Å². The third kappa shape index (κ3) is 4.92. The normalized spacial score (nSPS) is 21.8. The van der Waals surface area contributed by atoms with E-state index in [9.17, 15) is 4.39 Å². The van der Waals surface area contributed by atoms with E-state index in [1.807, 2.05) is 6.07 Å². The molecule has 0 amide bonds. The van der Waals surface area contributed by atoms with E-state index in [1.165, 1.54) is 12.5 Å². The number of rotatable bonds is 3. The second-order valence-electron chi connectivity index (χ2n) is 5.27. The highest BCUT2D eigenvalue weighted by Crippen LogP contribution is 2.22. The van der Waals surface area contributed by atoms with Crippen molar-refractivity contribution < 1.29 is 4.39 Å². The average Bonchev–Trinajstić information content (AvgIpc) is 2.27. The lowest BCUT2D eigenvalue weighted by atomic mass is 9.92. The minimum atomic E-state index is -0.266. The Morgan fingerprint density at radius 1 is 1.47 bits per heavy atom. The summed E-state index contributed by atoms with van der Waals surface area (Å²) < 4.78 is 13.3. The van der Waals surface area contributed by atoms with E-state index in [1.54, 1.807) is 6.07 Å². The van der Waals surface area contributed by atoms with Gasteiger partial charge in [-0.05, 0) is 56.0 Å². The van der Waals surface area contributed by atoms with Crippen LogP contribution in [0.15, 0.2) is 18.2 Å². The molecule has 1 aromatic carbocycles. The Bertz CT molecular complexity index is 392. The van der Waals surface area contributed by atoms with Gasteiger partial charge in [0.05, 0.1) is 0 Å². The van der Waals surface area contributed by atoms with Crippen LogP contribution in [-0.2, 0) is 6.54 Å². The third-order valence-corrected chi connectivity index (χ3v) is 3.83. The molecule has 1 saturated heterocycles. The van der Waals surface area contributed by atoms with E-state index in [4.69, 9.17) is 17.3 Å². The molecule has 0 spiro atoms. The molecule has 1 heterocycles. The van der Waals surface area contributed by atoms with Crippen LogP contribution in [0, 0.1) is 11.7 Å². The lowest BCUT2D eigenvalue weighted by molar-refractivity contribution is 0.154. The zero-order valence-corrected chi connectivity index (χ0v) is 12.7. The van der Waals surface area contributed by atoms with E-state index in [-0.39, 0.29) is 24.3 Å². The second-order valence-corrected chi connectivity index (χ2v) is 5.71. The number of nitrogens with zero attached hydrogens (tertiary/aromatic N) is 1. The topological polar surface area (TPSA) is 29.3 Å². The fourth-order valence-electron chi connectivity index (χ4n) is 2.62. The first-order chi connectivity index (χ1) is 8.54. The molecule has 2 N–H and O–H groups in total. The van der Waals surface area contributed by atoms with Gasteiger partial charge in [0.25, 0.3) is 0 Å². The Balaban J connectivity index is 0.00000180. The molecule has 0 bridgehead atoms. The summed E-state index contributed by atoms with van der Waals surface area (Å²) in [6.45, 7) is 4.86.